The van der Waals surface area contributed by atoms with Crippen molar-refractivity contribution in [3.8, 4) is 0 Å². The summed E-state index contributed by atoms with van der Waals surface area (Å²) >= 11 is 0. The Kier molecular flexibility index (Phi) is 18.7. The van der Waals surface area contributed by atoms with Gasteiger partial charge in [0.2, 0.25) is 0 Å². The summed E-state index contributed by atoms with van der Waals surface area (Å²) in [5.41, 5.74) is -0.515. The number of unbranched alkanes of at least 4 members (excludes halogenated alkanes) is 8. The molecule has 0 aromatic carbocycles. The van der Waals surface area contributed by atoms with Gasteiger partial charge in [0, 0.05) is 12.8 Å². The summed E-state index contributed by atoms with van der Waals surface area (Å²) in [6.07, 6.45) is 14.2. The monoisotopic (exact) mass is 426 g/mol. The first-order valence-corrected chi connectivity index (χ1v) is 12.0. The van der Waals surface area contributed by atoms with Crippen LogP contribution in [0.1, 0.15) is 104 Å². The van der Waals surface area contributed by atoms with E-state index in [0.29, 0.717) is 32.5 Å². The smallest absolute Gasteiger partial charge is 0.305 e. The van der Waals surface area contributed by atoms with Gasteiger partial charge in [0.15, 0.2) is 0 Å². The predicted octanol–water partition coefficient (Wildman–Crippen LogP) is 6.39. The molecule has 5 heteroatoms. The van der Waals surface area contributed by atoms with Crippen LogP contribution in [0, 0.1) is 5.41 Å². The van der Waals surface area contributed by atoms with E-state index < -0.39 is 5.41 Å². The molecule has 0 rings (SSSR count). The van der Waals surface area contributed by atoms with Crippen LogP contribution in [0.15, 0.2) is 12.7 Å². The molecule has 0 fully saturated rings. The van der Waals surface area contributed by atoms with Crippen LogP contribution in [0.3, 0.4) is 0 Å². The Morgan fingerprint density at radius 2 is 1.20 bits per heavy atom. The van der Waals surface area contributed by atoms with Crippen LogP contribution < -0.4 is 0 Å². The highest BCUT2D eigenvalue weighted by Crippen LogP contribution is 2.25. The van der Waals surface area contributed by atoms with E-state index in [1.54, 1.807) is 6.08 Å². The average Bonchev–Trinajstić information content (AvgIpc) is 2.75. The summed E-state index contributed by atoms with van der Waals surface area (Å²) in [5.74, 6) is -0.370. The molecule has 0 aromatic rings. The fraction of sp³-hybridized carbons (Fsp3) is 0.840. The second-order valence-corrected chi connectivity index (χ2v) is 8.31. The highest BCUT2D eigenvalue weighted by atomic mass is 16.6. The second kappa shape index (κ2) is 19.6. The molecule has 0 bridgehead atoms. The van der Waals surface area contributed by atoms with E-state index in [1.807, 2.05) is 6.92 Å². The first-order valence-electron chi connectivity index (χ1n) is 12.0. The molecule has 0 saturated heterocycles. The Bertz CT molecular complexity index is 417. The van der Waals surface area contributed by atoms with Gasteiger partial charge in [-0.2, -0.15) is 0 Å². The molecule has 0 aliphatic carbocycles. The summed E-state index contributed by atoms with van der Waals surface area (Å²) in [6, 6.07) is 0. The Labute approximate surface area is 184 Å². The van der Waals surface area contributed by atoms with E-state index in [9.17, 15) is 9.59 Å². The van der Waals surface area contributed by atoms with Crippen LogP contribution in [0.2, 0.25) is 0 Å². The van der Waals surface area contributed by atoms with Crippen LogP contribution >= 0.6 is 0 Å². The number of carbonyl (C=O) groups excluding carboxylic acids is 2. The van der Waals surface area contributed by atoms with Gasteiger partial charge >= 0.3 is 11.9 Å². The number of carbonyl (C=O) groups is 2. The molecule has 0 aliphatic heterocycles. The summed E-state index contributed by atoms with van der Waals surface area (Å²) in [5, 5.41) is 0. The van der Waals surface area contributed by atoms with Gasteiger partial charge in [0.05, 0.1) is 18.6 Å². The van der Waals surface area contributed by atoms with Crippen LogP contribution in [0.25, 0.3) is 0 Å². The van der Waals surface area contributed by atoms with Crippen LogP contribution in [-0.4, -0.2) is 38.4 Å². The van der Waals surface area contributed by atoms with Gasteiger partial charge in [-0.3, -0.25) is 9.59 Å². The Morgan fingerprint density at radius 3 is 1.60 bits per heavy atom. The van der Waals surface area contributed by atoms with Crippen molar-refractivity contribution in [2.24, 2.45) is 5.41 Å². The largest absolute Gasteiger partial charge is 0.465 e. The molecule has 0 atom stereocenters. The van der Waals surface area contributed by atoms with E-state index in [-0.39, 0.29) is 25.2 Å². The average molecular weight is 427 g/mol. The first-order chi connectivity index (χ1) is 14.5. The van der Waals surface area contributed by atoms with Crippen LogP contribution in [0.5, 0.6) is 0 Å². The maximum atomic E-state index is 12.1. The second-order valence-electron chi connectivity index (χ2n) is 8.31. The van der Waals surface area contributed by atoms with E-state index in [4.69, 9.17) is 14.2 Å². The van der Waals surface area contributed by atoms with E-state index >= 15 is 0 Å². The van der Waals surface area contributed by atoms with Crippen LogP contribution in [-0.2, 0) is 23.8 Å². The lowest BCUT2D eigenvalue weighted by Gasteiger charge is -2.31. The van der Waals surface area contributed by atoms with Gasteiger partial charge < -0.3 is 14.2 Å². The minimum atomic E-state index is -0.515. The maximum absolute atomic E-state index is 12.1. The number of hydrogen-bond donors (Lipinski definition) is 0. The third-order valence-electron chi connectivity index (χ3n) is 5.44. The molecule has 0 heterocycles. The third kappa shape index (κ3) is 15.5. The lowest BCUT2D eigenvalue weighted by molar-refractivity contribution is -0.157. The zero-order chi connectivity index (χ0) is 22.5. The van der Waals surface area contributed by atoms with Gasteiger partial charge in [0.1, 0.15) is 13.2 Å². The Morgan fingerprint density at radius 1 is 0.733 bits per heavy atom. The summed E-state index contributed by atoms with van der Waals surface area (Å²) < 4.78 is 16.8. The minimum Gasteiger partial charge on any atom is -0.465 e. The summed E-state index contributed by atoms with van der Waals surface area (Å²) in [4.78, 5) is 24.3. The minimum absolute atomic E-state index is 0.185. The van der Waals surface area contributed by atoms with Crippen molar-refractivity contribution in [2.45, 2.75) is 104 Å². The maximum Gasteiger partial charge on any atom is 0.305 e. The van der Waals surface area contributed by atoms with Gasteiger partial charge in [-0.25, -0.2) is 0 Å². The summed E-state index contributed by atoms with van der Waals surface area (Å²) in [6.45, 7) is 11.2. The molecular weight excluding hydrogens is 380 g/mol. The van der Waals surface area contributed by atoms with Crippen LogP contribution in [0.4, 0.5) is 0 Å². The van der Waals surface area contributed by atoms with Gasteiger partial charge in [0.25, 0.3) is 0 Å². The Balaban J connectivity index is 4.48. The molecule has 0 aliphatic rings. The molecule has 0 spiro atoms. The zero-order valence-electron chi connectivity index (χ0n) is 19.8. The lowest BCUT2D eigenvalue weighted by Crippen LogP contribution is -2.38. The molecule has 5 nitrogen and oxygen atoms in total. The highest BCUT2D eigenvalue weighted by Gasteiger charge is 2.32. The molecule has 30 heavy (non-hydrogen) atoms. The molecular formula is C25H46O5. The molecule has 0 radical (unpaired) electrons. The first kappa shape index (κ1) is 28.6. The van der Waals surface area contributed by atoms with Crippen molar-refractivity contribution in [2.75, 3.05) is 26.4 Å². The topological polar surface area (TPSA) is 61.8 Å². The zero-order valence-corrected chi connectivity index (χ0v) is 19.8. The van der Waals surface area contributed by atoms with E-state index in [0.717, 1.165) is 38.5 Å². The number of hydrogen-bond acceptors (Lipinski definition) is 5. The SMILES string of the molecule is C=CCOCC(CC)(COC(=O)CCCCCCC)COC(=O)CCCCCCC. The van der Waals surface area contributed by atoms with Gasteiger partial charge in [-0.1, -0.05) is 78.2 Å². The van der Waals surface area contributed by atoms with Crippen molar-refractivity contribution < 1.29 is 23.8 Å². The van der Waals surface area contributed by atoms with Crippen molar-refractivity contribution in [3.63, 3.8) is 0 Å². The lowest BCUT2D eigenvalue weighted by atomic mass is 9.88. The molecule has 0 aromatic heterocycles. The molecule has 0 N–H and O–H groups in total. The Hall–Kier alpha value is -1.36. The fourth-order valence-electron chi connectivity index (χ4n) is 3.15. The molecule has 0 unspecified atom stereocenters. The number of ether oxygens (including phenoxy) is 3. The quantitative estimate of drug-likeness (QED) is 0.121. The third-order valence-corrected chi connectivity index (χ3v) is 5.44. The number of rotatable bonds is 21. The predicted molar refractivity (Wildman–Crippen MR) is 122 cm³/mol. The van der Waals surface area contributed by atoms with Gasteiger partial charge in [-0.15, -0.1) is 6.58 Å². The standard InChI is InChI=1S/C25H46O5/c1-5-9-11-13-15-17-23(26)29-21-25(8-4,20-28-19-7-3)22-30-24(27)18-16-14-12-10-6-2/h7H,3,5-6,8-22H2,1-2,4H3. The molecule has 176 valence electrons. The fourth-order valence-corrected chi connectivity index (χ4v) is 3.15. The van der Waals surface area contributed by atoms with Gasteiger partial charge in [-0.05, 0) is 19.3 Å². The van der Waals surface area contributed by atoms with Crippen molar-refractivity contribution >= 4 is 11.9 Å². The van der Waals surface area contributed by atoms with E-state index in [2.05, 4.69) is 20.4 Å². The summed E-state index contributed by atoms with van der Waals surface area (Å²) in [7, 11) is 0. The van der Waals surface area contributed by atoms with Crippen molar-refractivity contribution in [1.82, 2.24) is 0 Å². The van der Waals surface area contributed by atoms with E-state index in [1.165, 1.54) is 25.7 Å². The highest BCUT2D eigenvalue weighted by molar-refractivity contribution is 5.69. The normalized spacial score (nSPS) is 11.3. The molecule has 0 amide bonds. The van der Waals surface area contributed by atoms with Crippen molar-refractivity contribution in [3.05, 3.63) is 12.7 Å². The van der Waals surface area contributed by atoms with Crippen molar-refractivity contribution in [1.29, 1.82) is 0 Å². The molecule has 0 saturated carbocycles. The number of esters is 2.